The Morgan fingerprint density at radius 1 is 1.34 bits per heavy atom. The van der Waals surface area contributed by atoms with Crippen LogP contribution < -0.4 is 4.74 Å². The van der Waals surface area contributed by atoms with Crippen LogP contribution in [0.3, 0.4) is 0 Å². The molecule has 1 aliphatic rings. The summed E-state index contributed by atoms with van der Waals surface area (Å²) in [6.07, 6.45) is -2.55. The first-order chi connectivity index (χ1) is 13.3. The van der Waals surface area contributed by atoms with Gasteiger partial charge >= 0.3 is 12.1 Å². The van der Waals surface area contributed by atoms with Gasteiger partial charge in [-0.2, -0.15) is 13.2 Å². The van der Waals surface area contributed by atoms with Crippen molar-refractivity contribution in [2.24, 2.45) is 5.41 Å². The number of ether oxygens (including phenoxy) is 1. The van der Waals surface area contributed by atoms with Gasteiger partial charge in [0.25, 0.3) is 0 Å². The number of alkyl halides is 3. The number of halogens is 4. The Morgan fingerprint density at radius 2 is 2.00 bits per heavy atom. The van der Waals surface area contributed by atoms with Gasteiger partial charge in [-0.25, -0.2) is 14.5 Å². The Bertz CT molecular complexity index is 931. The van der Waals surface area contributed by atoms with Gasteiger partial charge in [-0.1, -0.05) is 32.4 Å². The van der Waals surface area contributed by atoms with Gasteiger partial charge in [0.15, 0.2) is 5.82 Å². The maximum absolute atomic E-state index is 13.0. The first-order valence-electron chi connectivity index (χ1n) is 9.04. The molecule has 158 valence electrons. The number of carbonyl (C=O) groups is 1. The van der Waals surface area contributed by atoms with Crippen LogP contribution in [0, 0.1) is 5.41 Å². The van der Waals surface area contributed by atoms with Gasteiger partial charge < -0.3 is 9.84 Å². The lowest BCUT2D eigenvalue weighted by atomic mass is 9.84. The van der Waals surface area contributed by atoms with E-state index in [-0.39, 0.29) is 48.3 Å². The third-order valence-corrected chi connectivity index (χ3v) is 5.34. The van der Waals surface area contributed by atoms with Crippen LogP contribution in [0.15, 0.2) is 18.3 Å². The molecule has 2 aromatic rings. The third-order valence-electron chi connectivity index (χ3n) is 5.07. The molecule has 0 bridgehead atoms. The number of nitrogens with zero attached hydrogens (tertiary/aromatic N) is 3. The minimum atomic E-state index is -4.22. The molecular weight excluding hydrogens is 411 g/mol. The second-order valence-electron chi connectivity index (χ2n) is 8.22. The van der Waals surface area contributed by atoms with Gasteiger partial charge in [-0.05, 0) is 36.3 Å². The van der Waals surface area contributed by atoms with Crippen molar-refractivity contribution in [3.63, 3.8) is 0 Å². The van der Waals surface area contributed by atoms with Crippen molar-refractivity contribution in [2.45, 2.75) is 51.6 Å². The van der Waals surface area contributed by atoms with E-state index in [1.165, 1.54) is 16.9 Å². The third kappa shape index (κ3) is 4.34. The van der Waals surface area contributed by atoms with E-state index in [2.05, 4.69) is 10.1 Å². The summed E-state index contributed by atoms with van der Waals surface area (Å²) < 4.78 is 45.6. The summed E-state index contributed by atoms with van der Waals surface area (Å²) in [6, 6.07) is 3.08. The molecule has 2 heterocycles. The number of aromatic carboxylic acids is 1. The zero-order valence-electron chi connectivity index (χ0n) is 16.2. The summed E-state index contributed by atoms with van der Waals surface area (Å²) in [5.74, 6) is -0.739. The molecule has 0 spiro atoms. The normalized spacial score (nSPS) is 16.0. The van der Waals surface area contributed by atoms with Gasteiger partial charge in [0.2, 0.25) is 5.88 Å². The van der Waals surface area contributed by atoms with Crippen LogP contribution in [-0.4, -0.2) is 38.6 Å². The van der Waals surface area contributed by atoms with E-state index in [1.54, 1.807) is 6.07 Å². The van der Waals surface area contributed by atoms with Crippen LogP contribution in [0.5, 0.6) is 5.88 Å². The Morgan fingerprint density at radius 3 is 2.52 bits per heavy atom. The van der Waals surface area contributed by atoms with Gasteiger partial charge in [-0.15, -0.1) is 5.10 Å². The smallest absolute Gasteiger partial charge is 0.394 e. The average molecular weight is 432 g/mol. The van der Waals surface area contributed by atoms with Crippen LogP contribution in [-0.2, 0) is 5.41 Å². The van der Waals surface area contributed by atoms with Crippen molar-refractivity contribution in [2.75, 3.05) is 6.61 Å². The lowest BCUT2D eigenvalue weighted by Gasteiger charge is -2.22. The van der Waals surface area contributed by atoms with Gasteiger partial charge in [-0.3, -0.25) is 0 Å². The molecule has 29 heavy (non-hydrogen) atoms. The molecule has 10 heteroatoms. The van der Waals surface area contributed by atoms with Crippen molar-refractivity contribution in [3.8, 4) is 11.7 Å². The highest BCUT2D eigenvalue weighted by atomic mass is 35.5. The standard InChI is InChI=1S/C19H21ClF3N3O3/c1-17(2,3)11-10-12(24-15(20)14(11)16(27)28)26-8-4-13(25-26)29-9-7-18(5-6-18)19(21,22)23/h4,8,10H,5-7,9H2,1-3H3,(H,27,28). The van der Waals surface area contributed by atoms with E-state index in [1.807, 2.05) is 20.8 Å². The van der Waals surface area contributed by atoms with Crippen LogP contribution in [0.2, 0.25) is 5.15 Å². The molecule has 6 nitrogen and oxygen atoms in total. The van der Waals surface area contributed by atoms with Gasteiger partial charge in [0.1, 0.15) is 10.7 Å². The molecule has 0 aromatic carbocycles. The van der Waals surface area contributed by atoms with Gasteiger partial charge in [0.05, 0.1) is 12.0 Å². The lowest BCUT2D eigenvalue weighted by Crippen LogP contribution is -2.26. The van der Waals surface area contributed by atoms with Crippen LogP contribution >= 0.6 is 11.6 Å². The van der Waals surface area contributed by atoms with E-state index < -0.39 is 23.0 Å². The first-order valence-corrected chi connectivity index (χ1v) is 9.42. The molecule has 0 saturated heterocycles. The zero-order valence-corrected chi connectivity index (χ0v) is 16.9. The Hall–Kier alpha value is -2.29. The lowest BCUT2D eigenvalue weighted by molar-refractivity contribution is -0.190. The highest BCUT2D eigenvalue weighted by molar-refractivity contribution is 6.32. The van der Waals surface area contributed by atoms with Crippen LogP contribution in [0.4, 0.5) is 13.2 Å². The minimum absolute atomic E-state index is 0.0755. The van der Waals surface area contributed by atoms with Crippen molar-refractivity contribution in [1.82, 2.24) is 14.8 Å². The van der Waals surface area contributed by atoms with Crippen molar-refractivity contribution in [1.29, 1.82) is 0 Å². The van der Waals surface area contributed by atoms with Crippen LogP contribution in [0.1, 0.15) is 56.0 Å². The minimum Gasteiger partial charge on any atom is -0.478 e. The fourth-order valence-corrected chi connectivity index (χ4v) is 3.37. The van der Waals surface area contributed by atoms with Crippen molar-refractivity contribution < 1.29 is 27.8 Å². The monoisotopic (exact) mass is 431 g/mol. The SMILES string of the molecule is CC(C)(C)c1cc(-n2ccc(OCCC3(C(F)(F)F)CC3)n2)nc(Cl)c1C(=O)O. The van der Waals surface area contributed by atoms with Gasteiger partial charge in [0, 0.05) is 12.3 Å². The van der Waals surface area contributed by atoms with E-state index in [9.17, 15) is 23.1 Å². The number of pyridine rings is 1. The molecule has 0 amide bonds. The summed E-state index contributed by atoms with van der Waals surface area (Å²) >= 11 is 6.10. The molecule has 0 atom stereocenters. The maximum Gasteiger partial charge on any atom is 0.394 e. The summed E-state index contributed by atoms with van der Waals surface area (Å²) in [7, 11) is 0. The first kappa shape index (κ1) is 21.4. The maximum atomic E-state index is 13.0. The molecule has 1 aliphatic carbocycles. The predicted octanol–water partition coefficient (Wildman–Crippen LogP) is 5.03. The molecule has 2 aromatic heterocycles. The molecule has 1 fully saturated rings. The predicted molar refractivity (Wildman–Crippen MR) is 99.9 cm³/mol. The van der Waals surface area contributed by atoms with E-state index in [0.29, 0.717) is 5.56 Å². The highest BCUT2D eigenvalue weighted by Gasteiger charge is 2.62. The fraction of sp³-hybridized carbons (Fsp3) is 0.526. The number of carboxylic acid groups (broad SMARTS) is 1. The van der Waals surface area contributed by atoms with Crippen molar-refractivity contribution >= 4 is 17.6 Å². The zero-order chi connectivity index (χ0) is 21.6. The number of aromatic nitrogens is 3. The topological polar surface area (TPSA) is 77.2 Å². The van der Waals surface area contributed by atoms with E-state index >= 15 is 0 Å². The molecule has 3 rings (SSSR count). The largest absolute Gasteiger partial charge is 0.478 e. The second kappa shape index (κ2) is 7.19. The molecule has 0 unspecified atom stereocenters. The number of carboxylic acids is 1. The number of rotatable bonds is 6. The molecular formula is C19H21ClF3N3O3. The average Bonchev–Trinajstić information content (AvgIpc) is 3.23. The Balaban J connectivity index is 1.78. The number of hydrogen-bond donors (Lipinski definition) is 1. The highest BCUT2D eigenvalue weighted by Crippen LogP contribution is 2.59. The Kier molecular flexibility index (Phi) is 5.31. The van der Waals surface area contributed by atoms with Crippen LogP contribution in [0.25, 0.3) is 5.82 Å². The Labute approximate surface area is 170 Å². The number of hydrogen-bond acceptors (Lipinski definition) is 4. The molecule has 1 saturated carbocycles. The molecule has 1 N–H and O–H groups in total. The summed E-state index contributed by atoms with van der Waals surface area (Å²) in [6.45, 7) is 5.44. The van der Waals surface area contributed by atoms with Crippen molar-refractivity contribution in [3.05, 3.63) is 34.6 Å². The molecule has 0 aliphatic heterocycles. The quantitative estimate of drug-likeness (QED) is 0.649. The second-order valence-corrected chi connectivity index (χ2v) is 8.58. The summed E-state index contributed by atoms with van der Waals surface area (Å²) in [5.41, 5.74) is -1.73. The summed E-state index contributed by atoms with van der Waals surface area (Å²) in [4.78, 5) is 15.7. The fourth-order valence-electron chi connectivity index (χ4n) is 3.10. The van der Waals surface area contributed by atoms with E-state index in [4.69, 9.17) is 16.3 Å². The van der Waals surface area contributed by atoms with E-state index in [0.717, 1.165) is 0 Å². The summed E-state index contributed by atoms with van der Waals surface area (Å²) in [5, 5.41) is 13.5. The molecule has 0 radical (unpaired) electrons.